The molecule has 0 aromatic rings. The van der Waals surface area contributed by atoms with Crippen LogP contribution in [0.15, 0.2) is 0 Å². The maximum absolute atomic E-state index is 11.6. The van der Waals surface area contributed by atoms with Gasteiger partial charge in [-0.1, -0.05) is 0 Å². The highest BCUT2D eigenvalue weighted by Gasteiger charge is 2.28. The van der Waals surface area contributed by atoms with E-state index in [4.69, 9.17) is 4.74 Å². The van der Waals surface area contributed by atoms with Gasteiger partial charge in [0.05, 0.1) is 19.3 Å². The highest BCUT2D eigenvalue weighted by Crippen LogP contribution is 2.18. The third kappa shape index (κ3) is 3.18. The normalized spacial score (nSPS) is 32.7. The molecule has 2 aliphatic rings. The molecule has 2 atom stereocenters. The molecule has 15 heavy (non-hydrogen) atoms. The minimum atomic E-state index is 0.165. The van der Waals surface area contributed by atoms with E-state index in [2.05, 4.69) is 24.1 Å². The van der Waals surface area contributed by atoms with Gasteiger partial charge in [0.15, 0.2) is 0 Å². The molecule has 1 aliphatic carbocycles. The highest BCUT2D eigenvalue weighted by molar-refractivity contribution is 5.78. The van der Waals surface area contributed by atoms with Gasteiger partial charge in [-0.2, -0.15) is 0 Å². The molecule has 1 saturated carbocycles. The van der Waals surface area contributed by atoms with E-state index in [-0.39, 0.29) is 12.0 Å². The van der Waals surface area contributed by atoms with E-state index in [9.17, 15) is 4.79 Å². The van der Waals surface area contributed by atoms with Crippen LogP contribution in [0.1, 0.15) is 26.7 Å². The number of nitrogens with one attached hydrogen (secondary N) is 1. The minimum Gasteiger partial charge on any atom is -0.376 e. The molecule has 0 aromatic heterocycles. The Hall–Kier alpha value is -0.610. The first-order valence-electron chi connectivity index (χ1n) is 5.80. The van der Waals surface area contributed by atoms with Gasteiger partial charge < -0.3 is 10.1 Å². The van der Waals surface area contributed by atoms with Gasteiger partial charge in [0.1, 0.15) is 0 Å². The summed E-state index contributed by atoms with van der Waals surface area (Å²) in [5.74, 6) is 0.165. The monoisotopic (exact) mass is 212 g/mol. The summed E-state index contributed by atoms with van der Waals surface area (Å²) in [5, 5.41) is 3.02. The highest BCUT2D eigenvalue weighted by atomic mass is 16.5. The summed E-state index contributed by atoms with van der Waals surface area (Å²) < 4.78 is 5.52. The lowest BCUT2D eigenvalue weighted by atomic mass is 10.2. The standard InChI is InChI=1S/C11H20N2O2/c1-8-7-15-9(2)5-13(8)6-11(14)12-10-3-4-10/h8-10H,3-7H2,1-2H3,(H,12,14). The number of morpholine rings is 1. The van der Waals surface area contributed by atoms with Gasteiger partial charge >= 0.3 is 0 Å². The molecule has 0 spiro atoms. The summed E-state index contributed by atoms with van der Waals surface area (Å²) in [4.78, 5) is 13.8. The molecular formula is C11H20N2O2. The van der Waals surface area contributed by atoms with E-state index < -0.39 is 0 Å². The van der Waals surface area contributed by atoms with Crippen LogP contribution in [0, 0.1) is 0 Å². The maximum Gasteiger partial charge on any atom is 0.234 e. The van der Waals surface area contributed by atoms with Crippen LogP contribution in [0.5, 0.6) is 0 Å². The Morgan fingerprint density at radius 3 is 2.87 bits per heavy atom. The molecule has 2 fully saturated rings. The third-order valence-electron chi connectivity index (χ3n) is 3.03. The topological polar surface area (TPSA) is 41.6 Å². The van der Waals surface area contributed by atoms with Gasteiger partial charge in [0.2, 0.25) is 5.91 Å². The van der Waals surface area contributed by atoms with Crippen LogP contribution in [0.4, 0.5) is 0 Å². The summed E-state index contributed by atoms with van der Waals surface area (Å²) in [6.45, 7) is 6.27. The van der Waals surface area contributed by atoms with Crippen molar-refractivity contribution in [2.75, 3.05) is 19.7 Å². The summed E-state index contributed by atoms with van der Waals surface area (Å²) >= 11 is 0. The van der Waals surface area contributed by atoms with Crippen molar-refractivity contribution in [1.29, 1.82) is 0 Å². The Labute approximate surface area is 91.0 Å². The quantitative estimate of drug-likeness (QED) is 0.735. The zero-order chi connectivity index (χ0) is 10.8. The fourth-order valence-electron chi connectivity index (χ4n) is 1.88. The molecule has 0 radical (unpaired) electrons. The second kappa shape index (κ2) is 4.49. The van der Waals surface area contributed by atoms with Gasteiger partial charge in [-0.05, 0) is 26.7 Å². The van der Waals surface area contributed by atoms with Crippen LogP contribution >= 0.6 is 0 Å². The Morgan fingerprint density at radius 1 is 1.47 bits per heavy atom. The summed E-state index contributed by atoms with van der Waals surface area (Å²) in [6.07, 6.45) is 2.55. The van der Waals surface area contributed by atoms with E-state index in [0.717, 1.165) is 26.0 Å². The summed E-state index contributed by atoms with van der Waals surface area (Å²) in [7, 11) is 0. The zero-order valence-corrected chi connectivity index (χ0v) is 9.53. The van der Waals surface area contributed by atoms with E-state index in [1.165, 1.54) is 0 Å². The fourth-order valence-corrected chi connectivity index (χ4v) is 1.88. The average molecular weight is 212 g/mol. The first-order valence-corrected chi connectivity index (χ1v) is 5.80. The molecular weight excluding hydrogens is 192 g/mol. The maximum atomic E-state index is 11.6. The predicted octanol–water partition coefficient (Wildman–Crippen LogP) is 0.374. The average Bonchev–Trinajstić information content (AvgIpc) is 2.95. The number of amides is 1. The van der Waals surface area contributed by atoms with Crippen LogP contribution in [-0.2, 0) is 9.53 Å². The number of hydrogen-bond acceptors (Lipinski definition) is 3. The van der Waals surface area contributed by atoms with Crippen molar-refractivity contribution in [1.82, 2.24) is 10.2 Å². The smallest absolute Gasteiger partial charge is 0.234 e. The molecule has 0 bridgehead atoms. The lowest BCUT2D eigenvalue weighted by Crippen LogP contribution is -2.51. The van der Waals surface area contributed by atoms with Crippen LogP contribution < -0.4 is 5.32 Å². The Balaban J connectivity index is 1.77. The minimum absolute atomic E-state index is 0.165. The van der Waals surface area contributed by atoms with Crippen molar-refractivity contribution in [3.8, 4) is 0 Å². The fraction of sp³-hybridized carbons (Fsp3) is 0.909. The van der Waals surface area contributed by atoms with E-state index in [1.54, 1.807) is 0 Å². The molecule has 2 rings (SSSR count). The van der Waals surface area contributed by atoms with Crippen molar-refractivity contribution in [3.63, 3.8) is 0 Å². The molecule has 1 N–H and O–H groups in total. The summed E-state index contributed by atoms with van der Waals surface area (Å²) in [5.41, 5.74) is 0. The van der Waals surface area contributed by atoms with Crippen molar-refractivity contribution in [2.24, 2.45) is 0 Å². The molecule has 4 heteroatoms. The first-order chi connectivity index (χ1) is 7.15. The molecule has 1 saturated heterocycles. The van der Waals surface area contributed by atoms with Crippen LogP contribution in [0.3, 0.4) is 0 Å². The molecule has 0 aromatic carbocycles. The number of carbonyl (C=O) groups is 1. The lowest BCUT2D eigenvalue weighted by Gasteiger charge is -2.36. The number of nitrogens with zero attached hydrogens (tertiary/aromatic N) is 1. The predicted molar refractivity (Wildman–Crippen MR) is 57.6 cm³/mol. The largest absolute Gasteiger partial charge is 0.376 e. The van der Waals surface area contributed by atoms with E-state index in [0.29, 0.717) is 18.6 Å². The molecule has 1 amide bonds. The van der Waals surface area contributed by atoms with Gasteiger partial charge in [0.25, 0.3) is 0 Å². The number of rotatable bonds is 3. The van der Waals surface area contributed by atoms with Crippen LogP contribution in [0.25, 0.3) is 0 Å². The van der Waals surface area contributed by atoms with Crippen molar-refractivity contribution in [3.05, 3.63) is 0 Å². The number of carbonyl (C=O) groups excluding carboxylic acids is 1. The Kier molecular flexibility index (Phi) is 3.26. The third-order valence-corrected chi connectivity index (χ3v) is 3.03. The van der Waals surface area contributed by atoms with Crippen molar-refractivity contribution < 1.29 is 9.53 Å². The second-order valence-corrected chi connectivity index (χ2v) is 4.76. The Morgan fingerprint density at radius 2 is 2.20 bits per heavy atom. The number of hydrogen-bond donors (Lipinski definition) is 1. The van der Waals surface area contributed by atoms with E-state index in [1.807, 2.05) is 0 Å². The van der Waals surface area contributed by atoms with Gasteiger partial charge in [-0.3, -0.25) is 9.69 Å². The van der Waals surface area contributed by atoms with Crippen molar-refractivity contribution in [2.45, 2.75) is 44.9 Å². The molecule has 86 valence electrons. The molecule has 4 nitrogen and oxygen atoms in total. The second-order valence-electron chi connectivity index (χ2n) is 4.76. The molecule has 2 unspecified atom stereocenters. The summed E-state index contributed by atoms with van der Waals surface area (Å²) in [6, 6.07) is 0.817. The van der Waals surface area contributed by atoms with Crippen molar-refractivity contribution >= 4 is 5.91 Å². The van der Waals surface area contributed by atoms with Crippen LogP contribution in [0.2, 0.25) is 0 Å². The van der Waals surface area contributed by atoms with Gasteiger partial charge in [0, 0.05) is 18.6 Å². The Bertz CT molecular complexity index is 241. The van der Waals surface area contributed by atoms with Gasteiger partial charge in [-0.15, -0.1) is 0 Å². The first kappa shape index (κ1) is 10.9. The molecule has 1 aliphatic heterocycles. The SMILES string of the molecule is CC1CN(CC(=O)NC2CC2)C(C)CO1. The zero-order valence-electron chi connectivity index (χ0n) is 9.53. The van der Waals surface area contributed by atoms with Crippen LogP contribution in [-0.4, -0.2) is 48.7 Å². The number of ether oxygens (including phenoxy) is 1. The lowest BCUT2D eigenvalue weighted by molar-refractivity contribution is -0.126. The molecule has 1 heterocycles. The van der Waals surface area contributed by atoms with E-state index >= 15 is 0 Å². The van der Waals surface area contributed by atoms with Gasteiger partial charge in [-0.25, -0.2) is 0 Å².